The van der Waals surface area contributed by atoms with Crippen LogP contribution in [0.15, 0.2) is 29.6 Å². The third kappa shape index (κ3) is 2.91. The Morgan fingerprint density at radius 2 is 2.12 bits per heavy atom. The van der Waals surface area contributed by atoms with E-state index in [1.165, 1.54) is 11.1 Å². The van der Waals surface area contributed by atoms with E-state index in [0.717, 1.165) is 17.1 Å². The Bertz CT molecular complexity index is 493. The fourth-order valence-corrected chi connectivity index (χ4v) is 2.51. The minimum absolute atomic E-state index is 0.0843. The first-order valence-corrected chi connectivity index (χ1v) is 6.51. The molecule has 0 spiro atoms. The number of nitrogens with two attached hydrogens (primary N) is 1. The quantitative estimate of drug-likeness (QED) is 0.644. The highest BCUT2D eigenvalue weighted by atomic mass is 32.1. The average Bonchev–Trinajstić information content (AvgIpc) is 2.75. The molecule has 1 aromatic carbocycles. The summed E-state index contributed by atoms with van der Waals surface area (Å²) in [4.78, 5) is 4.48. The summed E-state index contributed by atoms with van der Waals surface area (Å²) in [5, 5.41) is 3.14. The van der Waals surface area contributed by atoms with Gasteiger partial charge in [-0.3, -0.25) is 11.3 Å². The smallest absolute Gasteiger partial charge is 0.0898 e. The molecule has 2 rings (SSSR count). The van der Waals surface area contributed by atoms with Crippen LogP contribution in [0.3, 0.4) is 0 Å². The third-order valence-corrected chi connectivity index (χ3v) is 3.67. The predicted octanol–water partition coefficient (Wildman–Crippen LogP) is 2.51. The molecule has 0 radical (unpaired) electrons. The Labute approximate surface area is 106 Å². The lowest BCUT2D eigenvalue weighted by molar-refractivity contribution is 0.539. The fourth-order valence-electron chi connectivity index (χ4n) is 1.85. The Kier molecular flexibility index (Phi) is 3.89. The molecule has 1 aromatic heterocycles. The van der Waals surface area contributed by atoms with E-state index in [9.17, 15) is 0 Å². The van der Waals surface area contributed by atoms with Crippen molar-refractivity contribution in [1.82, 2.24) is 10.4 Å². The third-order valence-electron chi connectivity index (χ3n) is 2.88. The van der Waals surface area contributed by atoms with Crippen molar-refractivity contribution in [3.8, 4) is 0 Å². The topological polar surface area (TPSA) is 50.9 Å². The van der Waals surface area contributed by atoms with Gasteiger partial charge < -0.3 is 0 Å². The number of thiazole rings is 1. The second-order valence-corrected chi connectivity index (χ2v) is 5.20. The molecular formula is C13H17N3S. The van der Waals surface area contributed by atoms with Crippen molar-refractivity contribution < 1.29 is 0 Å². The normalized spacial score (nSPS) is 12.6. The van der Waals surface area contributed by atoms with E-state index in [4.69, 9.17) is 5.84 Å². The van der Waals surface area contributed by atoms with E-state index in [0.29, 0.717) is 0 Å². The summed E-state index contributed by atoms with van der Waals surface area (Å²) in [6.07, 6.45) is 0.867. The first-order chi connectivity index (χ1) is 8.20. The number of hydrazine groups is 1. The van der Waals surface area contributed by atoms with Crippen molar-refractivity contribution >= 4 is 11.3 Å². The van der Waals surface area contributed by atoms with Gasteiger partial charge in [0.2, 0.25) is 0 Å². The number of aryl methyl sites for hydroxylation is 2. The van der Waals surface area contributed by atoms with Crippen molar-refractivity contribution in [3.63, 3.8) is 0 Å². The second kappa shape index (κ2) is 5.40. The molecule has 4 heteroatoms. The Hall–Kier alpha value is -1.23. The van der Waals surface area contributed by atoms with Gasteiger partial charge in [0.05, 0.1) is 16.7 Å². The van der Waals surface area contributed by atoms with Crippen LogP contribution in [0.1, 0.15) is 27.9 Å². The van der Waals surface area contributed by atoms with Crippen LogP contribution in [0.25, 0.3) is 0 Å². The highest BCUT2D eigenvalue weighted by Gasteiger charge is 2.14. The molecule has 0 saturated heterocycles. The number of nitrogens with one attached hydrogen (secondary N) is 1. The van der Waals surface area contributed by atoms with E-state index in [1.54, 1.807) is 11.3 Å². The lowest BCUT2D eigenvalue weighted by Gasteiger charge is -2.15. The predicted molar refractivity (Wildman–Crippen MR) is 71.8 cm³/mol. The van der Waals surface area contributed by atoms with E-state index in [1.807, 2.05) is 6.92 Å². The maximum absolute atomic E-state index is 5.63. The minimum atomic E-state index is 0.0843. The van der Waals surface area contributed by atoms with Gasteiger partial charge in [-0.05, 0) is 31.4 Å². The van der Waals surface area contributed by atoms with Crippen molar-refractivity contribution in [2.24, 2.45) is 5.84 Å². The van der Waals surface area contributed by atoms with Crippen LogP contribution < -0.4 is 11.3 Å². The summed E-state index contributed by atoms with van der Waals surface area (Å²) >= 11 is 1.66. The van der Waals surface area contributed by atoms with Crippen molar-refractivity contribution in [2.75, 3.05) is 0 Å². The molecule has 90 valence electrons. The van der Waals surface area contributed by atoms with Gasteiger partial charge in [0.15, 0.2) is 0 Å². The van der Waals surface area contributed by atoms with Crippen LogP contribution in [-0.4, -0.2) is 4.98 Å². The highest BCUT2D eigenvalue weighted by molar-refractivity contribution is 7.09. The number of benzene rings is 1. The molecule has 0 aliphatic rings. The summed E-state index contributed by atoms with van der Waals surface area (Å²) in [7, 11) is 0. The lowest BCUT2D eigenvalue weighted by Crippen LogP contribution is -2.30. The van der Waals surface area contributed by atoms with Crippen LogP contribution in [0.5, 0.6) is 0 Å². The zero-order valence-corrected chi connectivity index (χ0v) is 10.9. The zero-order valence-electron chi connectivity index (χ0n) is 10.1. The number of aromatic nitrogens is 1. The Balaban J connectivity index is 2.18. The molecule has 0 saturated carbocycles. The zero-order chi connectivity index (χ0) is 12.3. The molecule has 1 heterocycles. The molecule has 3 N–H and O–H groups in total. The van der Waals surface area contributed by atoms with Gasteiger partial charge >= 0.3 is 0 Å². The van der Waals surface area contributed by atoms with Crippen molar-refractivity contribution in [1.29, 1.82) is 0 Å². The van der Waals surface area contributed by atoms with Gasteiger partial charge in [-0.25, -0.2) is 4.98 Å². The van der Waals surface area contributed by atoms with E-state index in [-0.39, 0.29) is 6.04 Å². The number of nitrogens with zero attached hydrogens (tertiary/aromatic N) is 1. The molecule has 0 bridgehead atoms. The lowest BCUT2D eigenvalue weighted by atomic mass is 10.0. The summed E-state index contributed by atoms with van der Waals surface area (Å²) in [6.45, 7) is 4.13. The van der Waals surface area contributed by atoms with Crippen LogP contribution in [0, 0.1) is 13.8 Å². The molecular weight excluding hydrogens is 230 g/mol. The van der Waals surface area contributed by atoms with Gasteiger partial charge in [-0.2, -0.15) is 0 Å². The fraction of sp³-hybridized carbons (Fsp3) is 0.308. The molecule has 0 amide bonds. The van der Waals surface area contributed by atoms with Crippen LogP contribution in [0.2, 0.25) is 0 Å². The summed E-state index contributed by atoms with van der Waals surface area (Å²) < 4.78 is 0. The molecule has 0 aliphatic heterocycles. The highest BCUT2D eigenvalue weighted by Crippen LogP contribution is 2.21. The first-order valence-electron chi connectivity index (χ1n) is 5.63. The van der Waals surface area contributed by atoms with E-state index in [2.05, 4.69) is 47.0 Å². The van der Waals surface area contributed by atoms with E-state index >= 15 is 0 Å². The minimum Gasteiger partial charge on any atom is -0.271 e. The molecule has 3 nitrogen and oxygen atoms in total. The van der Waals surface area contributed by atoms with E-state index < -0.39 is 0 Å². The maximum atomic E-state index is 5.63. The van der Waals surface area contributed by atoms with Gasteiger partial charge in [0, 0.05) is 5.38 Å². The van der Waals surface area contributed by atoms with Gasteiger partial charge in [0.25, 0.3) is 0 Å². The van der Waals surface area contributed by atoms with Crippen LogP contribution in [0.4, 0.5) is 0 Å². The number of hydrogen-bond acceptors (Lipinski definition) is 4. The van der Waals surface area contributed by atoms with Crippen molar-refractivity contribution in [3.05, 3.63) is 51.5 Å². The Morgan fingerprint density at radius 3 is 2.71 bits per heavy atom. The summed E-state index contributed by atoms with van der Waals surface area (Å²) in [6, 6.07) is 8.45. The molecule has 2 aromatic rings. The standard InChI is InChI=1S/C13H17N3S/c1-9-5-3-4-6-11(9)7-12(16-14)13-8-17-10(2)15-13/h3-6,8,12,16H,7,14H2,1-2H3. The number of rotatable bonds is 4. The molecule has 1 atom stereocenters. The monoisotopic (exact) mass is 247 g/mol. The SMILES string of the molecule is Cc1nc(C(Cc2ccccc2C)NN)cs1. The van der Waals surface area contributed by atoms with Gasteiger partial charge in [-0.1, -0.05) is 24.3 Å². The molecule has 0 fully saturated rings. The maximum Gasteiger partial charge on any atom is 0.0898 e. The summed E-state index contributed by atoms with van der Waals surface area (Å²) in [5.41, 5.74) is 6.48. The first kappa shape index (κ1) is 12.2. The van der Waals surface area contributed by atoms with Crippen LogP contribution >= 0.6 is 11.3 Å². The second-order valence-electron chi connectivity index (χ2n) is 4.14. The van der Waals surface area contributed by atoms with Gasteiger partial charge in [0.1, 0.15) is 0 Å². The number of hydrogen-bond donors (Lipinski definition) is 2. The van der Waals surface area contributed by atoms with Crippen molar-refractivity contribution in [2.45, 2.75) is 26.3 Å². The Morgan fingerprint density at radius 1 is 1.35 bits per heavy atom. The molecule has 1 unspecified atom stereocenters. The van der Waals surface area contributed by atoms with Gasteiger partial charge in [-0.15, -0.1) is 11.3 Å². The average molecular weight is 247 g/mol. The molecule has 17 heavy (non-hydrogen) atoms. The summed E-state index contributed by atoms with van der Waals surface area (Å²) in [5.74, 6) is 5.63. The largest absolute Gasteiger partial charge is 0.271 e. The molecule has 0 aliphatic carbocycles. The van der Waals surface area contributed by atoms with Crippen LogP contribution in [-0.2, 0) is 6.42 Å².